The van der Waals surface area contributed by atoms with Crippen molar-refractivity contribution in [2.45, 2.75) is 12.1 Å². The van der Waals surface area contributed by atoms with E-state index in [1.807, 2.05) is 0 Å². The molecule has 2 nitrogen and oxygen atoms in total. The van der Waals surface area contributed by atoms with Crippen molar-refractivity contribution >= 4 is 23.9 Å². The Morgan fingerprint density at radius 1 is 0.690 bits per heavy atom. The van der Waals surface area contributed by atoms with E-state index in [0.717, 1.165) is 0 Å². The third-order valence-corrected chi connectivity index (χ3v) is 8.01. The van der Waals surface area contributed by atoms with Crippen molar-refractivity contribution in [1.29, 1.82) is 0 Å². The molecule has 0 aliphatic carbocycles. The van der Waals surface area contributed by atoms with Crippen LogP contribution in [0.4, 0.5) is 22.0 Å². The molecule has 0 fully saturated rings. The van der Waals surface area contributed by atoms with Crippen molar-refractivity contribution in [2.24, 2.45) is 0 Å². The maximum absolute atomic E-state index is 13.4. The van der Waals surface area contributed by atoms with Gasteiger partial charge in [0.15, 0.2) is 6.61 Å². The van der Waals surface area contributed by atoms with Crippen LogP contribution in [-0.2, 0) is 0 Å². The highest BCUT2D eigenvalue weighted by molar-refractivity contribution is 7.06. The Hall–Kier alpha value is -2.71. The third-order valence-electron chi connectivity index (χ3n) is 4.48. The monoisotopic (exact) mass is 424 g/mol. The summed E-state index contributed by atoms with van der Waals surface area (Å²) in [4.78, 5) is 11.8. The number of hydrogen-bond acceptors (Lipinski definition) is 2. The summed E-state index contributed by atoms with van der Waals surface area (Å²) in [6.45, 7) is -1.87. The first kappa shape index (κ1) is 21.0. The van der Waals surface area contributed by atoms with Gasteiger partial charge >= 0.3 is 12.1 Å². The molecule has 0 heterocycles. The minimum Gasteiger partial charge on any atom is -0.487 e. The van der Waals surface area contributed by atoms with E-state index in [1.54, 1.807) is 66.7 Å². The molecule has 3 aromatic carbocycles. The average Bonchev–Trinajstić information content (AvgIpc) is 2.72. The maximum atomic E-state index is 13.4. The third kappa shape index (κ3) is 4.18. The zero-order valence-electron chi connectivity index (χ0n) is 15.0. The predicted octanol–water partition coefficient (Wildman–Crippen LogP) is 3.22. The molecular formula is C21H17F5O2Si. The second kappa shape index (κ2) is 7.96. The van der Waals surface area contributed by atoms with Crippen LogP contribution < -0.4 is 20.3 Å². The van der Waals surface area contributed by atoms with Gasteiger partial charge in [0, 0.05) is 5.19 Å². The Bertz CT molecular complexity index is 907. The van der Waals surface area contributed by atoms with Crippen LogP contribution in [0.5, 0.6) is 5.75 Å². The van der Waals surface area contributed by atoms with Crippen LogP contribution >= 0.6 is 0 Å². The smallest absolute Gasteiger partial charge is 0.456 e. The molecule has 3 rings (SSSR count). The summed E-state index contributed by atoms with van der Waals surface area (Å²) in [5.74, 6) is -5.22. The fourth-order valence-electron chi connectivity index (χ4n) is 2.98. The molecule has 0 saturated carbocycles. The number of alkyl halides is 5. The second-order valence-electron chi connectivity index (χ2n) is 6.43. The van der Waals surface area contributed by atoms with Crippen molar-refractivity contribution in [1.82, 2.24) is 0 Å². The largest absolute Gasteiger partial charge is 0.487 e. The van der Waals surface area contributed by atoms with Gasteiger partial charge < -0.3 is 9.53 Å². The summed E-state index contributed by atoms with van der Waals surface area (Å²) in [5.41, 5.74) is 0. The van der Waals surface area contributed by atoms with Crippen LogP contribution in [0.3, 0.4) is 0 Å². The fraction of sp³-hybridized carbons (Fsp3) is 0.143. The lowest BCUT2D eigenvalue weighted by Gasteiger charge is -2.29. The number of benzene rings is 3. The summed E-state index contributed by atoms with van der Waals surface area (Å²) < 4.78 is 69.3. The van der Waals surface area contributed by atoms with Crippen LogP contribution in [0.1, 0.15) is 0 Å². The summed E-state index contributed by atoms with van der Waals surface area (Å²) in [6.07, 6.45) is -5.73. The molecule has 8 heteroatoms. The topological polar surface area (TPSA) is 29.5 Å². The molecule has 0 spiro atoms. The molecule has 0 saturated heterocycles. The summed E-state index contributed by atoms with van der Waals surface area (Å²) in [6, 6.07) is 23.0. The van der Waals surface area contributed by atoms with Crippen LogP contribution in [0.25, 0.3) is 0 Å². The van der Waals surface area contributed by atoms with Gasteiger partial charge in [0.2, 0.25) is 0 Å². The molecule has 0 amide bonds. The predicted molar refractivity (Wildman–Crippen MR) is 103 cm³/mol. The van der Waals surface area contributed by atoms with Gasteiger partial charge in [-0.05, 0) is 16.4 Å². The van der Waals surface area contributed by atoms with Gasteiger partial charge in [-0.25, -0.2) is 0 Å². The Balaban J connectivity index is 2.09. The lowest BCUT2D eigenvalue weighted by Crippen LogP contribution is -2.67. The number of para-hydroxylation sites is 1. The highest BCUT2D eigenvalue weighted by atomic mass is 28.4. The SMILES string of the molecule is O[Si](c1ccccc1)(c1ccccc1)c1ccccc1OCC(F)(F)C(F)(F)F. The van der Waals surface area contributed by atoms with Gasteiger partial charge in [0.25, 0.3) is 8.32 Å². The van der Waals surface area contributed by atoms with Gasteiger partial charge in [0.05, 0.1) is 0 Å². The minimum absolute atomic E-state index is 0.190. The molecule has 0 radical (unpaired) electrons. The van der Waals surface area contributed by atoms with E-state index >= 15 is 0 Å². The van der Waals surface area contributed by atoms with E-state index in [2.05, 4.69) is 0 Å². The number of halogens is 5. The lowest BCUT2D eigenvalue weighted by atomic mass is 10.3. The standard InChI is InChI=1S/C21H17F5O2Si/c22-20(23,21(24,25)26)15-28-18-13-7-8-14-19(18)29(27,16-9-3-1-4-10-16)17-11-5-2-6-12-17/h1-14,27H,15H2. The molecular weight excluding hydrogens is 407 g/mol. The Kier molecular flexibility index (Phi) is 5.77. The van der Waals surface area contributed by atoms with E-state index < -0.39 is 27.0 Å². The molecule has 1 N–H and O–H groups in total. The molecule has 152 valence electrons. The minimum atomic E-state index is -5.73. The highest BCUT2D eigenvalue weighted by Gasteiger charge is 2.58. The van der Waals surface area contributed by atoms with Gasteiger partial charge in [-0.2, -0.15) is 22.0 Å². The molecule has 0 bridgehead atoms. The Labute approximate surface area is 165 Å². The summed E-state index contributed by atoms with van der Waals surface area (Å²) in [5, 5.41) is 1.28. The molecule has 3 aromatic rings. The normalized spacial score (nSPS) is 12.6. The van der Waals surface area contributed by atoms with Crippen molar-refractivity contribution in [3.8, 4) is 5.75 Å². The van der Waals surface area contributed by atoms with Crippen LogP contribution in [0, 0.1) is 0 Å². The molecule has 29 heavy (non-hydrogen) atoms. The van der Waals surface area contributed by atoms with Crippen molar-refractivity contribution < 1.29 is 31.5 Å². The number of ether oxygens (including phenoxy) is 1. The van der Waals surface area contributed by atoms with Crippen LogP contribution in [0.15, 0.2) is 84.9 Å². The van der Waals surface area contributed by atoms with Gasteiger partial charge in [-0.15, -0.1) is 0 Å². The maximum Gasteiger partial charge on any atom is 0.456 e. The van der Waals surface area contributed by atoms with E-state index in [1.165, 1.54) is 18.2 Å². The Morgan fingerprint density at radius 3 is 1.62 bits per heavy atom. The van der Waals surface area contributed by atoms with Crippen molar-refractivity contribution in [3.63, 3.8) is 0 Å². The molecule has 0 aliphatic heterocycles. The van der Waals surface area contributed by atoms with Gasteiger partial charge in [-0.1, -0.05) is 78.9 Å². The van der Waals surface area contributed by atoms with E-state index in [4.69, 9.17) is 4.74 Å². The number of hydrogen-bond donors (Lipinski definition) is 1. The average molecular weight is 424 g/mol. The lowest BCUT2D eigenvalue weighted by molar-refractivity contribution is -0.289. The quantitative estimate of drug-likeness (QED) is 0.374. The molecule has 0 unspecified atom stereocenters. The van der Waals surface area contributed by atoms with E-state index in [0.29, 0.717) is 10.4 Å². The molecule has 0 aromatic heterocycles. The fourth-order valence-corrected chi connectivity index (χ4v) is 6.13. The molecule has 0 aliphatic rings. The highest BCUT2D eigenvalue weighted by Crippen LogP contribution is 2.35. The molecule has 0 atom stereocenters. The Morgan fingerprint density at radius 2 is 1.14 bits per heavy atom. The first-order valence-electron chi connectivity index (χ1n) is 8.66. The zero-order valence-corrected chi connectivity index (χ0v) is 16.0. The van der Waals surface area contributed by atoms with Crippen molar-refractivity contribution in [3.05, 3.63) is 84.9 Å². The van der Waals surface area contributed by atoms with Crippen LogP contribution in [-0.4, -0.2) is 31.8 Å². The van der Waals surface area contributed by atoms with Gasteiger partial charge in [0.1, 0.15) is 5.75 Å². The van der Waals surface area contributed by atoms with E-state index in [9.17, 15) is 26.7 Å². The van der Waals surface area contributed by atoms with Crippen LogP contribution in [0.2, 0.25) is 0 Å². The van der Waals surface area contributed by atoms with E-state index in [-0.39, 0.29) is 10.9 Å². The summed E-state index contributed by atoms with van der Waals surface area (Å²) in [7, 11) is -3.72. The first-order valence-corrected chi connectivity index (χ1v) is 10.6. The number of rotatable bonds is 6. The van der Waals surface area contributed by atoms with Crippen molar-refractivity contribution in [2.75, 3.05) is 6.61 Å². The first-order chi connectivity index (χ1) is 13.7. The zero-order chi connectivity index (χ0) is 21.1. The summed E-state index contributed by atoms with van der Waals surface area (Å²) >= 11 is 0. The second-order valence-corrected chi connectivity index (χ2v) is 9.54. The van der Waals surface area contributed by atoms with Gasteiger partial charge in [-0.3, -0.25) is 0 Å².